The smallest absolute Gasteiger partial charge is 0.127 e. The highest BCUT2D eigenvalue weighted by Crippen LogP contribution is 2.26. The molecule has 2 rings (SSSR count). The average molecular weight is 265 g/mol. The minimum Gasteiger partial charge on any atom is -0.489 e. The fraction of sp³-hybridized carbons (Fsp3) is 0.231. The Balaban J connectivity index is 2.42. The van der Waals surface area contributed by atoms with E-state index in [4.69, 9.17) is 4.74 Å². The molecule has 0 spiro atoms. The summed E-state index contributed by atoms with van der Waals surface area (Å²) in [6.45, 7) is 2.05. The zero-order valence-electron chi connectivity index (χ0n) is 8.61. The van der Waals surface area contributed by atoms with Crippen LogP contribution >= 0.6 is 15.9 Å². The van der Waals surface area contributed by atoms with Crippen molar-refractivity contribution in [3.63, 3.8) is 0 Å². The Morgan fingerprint density at radius 1 is 1.13 bits per heavy atom. The van der Waals surface area contributed by atoms with Gasteiger partial charge in [0.05, 0.1) is 0 Å². The molecule has 0 aliphatic rings. The van der Waals surface area contributed by atoms with Gasteiger partial charge in [0, 0.05) is 10.7 Å². The minimum absolute atomic E-state index is 0.191. The first-order valence-corrected chi connectivity index (χ1v) is 6.14. The molecule has 2 aromatic rings. The molecule has 0 unspecified atom stereocenters. The highest BCUT2D eigenvalue weighted by Gasteiger charge is 2.04. The Morgan fingerprint density at radius 2 is 1.87 bits per heavy atom. The van der Waals surface area contributed by atoms with E-state index in [0.29, 0.717) is 0 Å². The molecule has 0 saturated heterocycles. The third-order valence-electron chi connectivity index (χ3n) is 2.30. The van der Waals surface area contributed by atoms with E-state index in [1.54, 1.807) is 0 Å². The molecular formula is C13H13BrO. The van der Waals surface area contributed by atoms with Crippen molar-refractivity contribution in [2.45, 2.75) is 13.0 Å². The van der Waals surface area contributed by atoms with E-state index in [1.807, 2.05) is 24.3 Å². The number of alkyl halides is 1. The molecule has 0 aromatic heterocycles. The summed E-state index contributed by atoms with van der Waals surface area (Å²) in [5.74, 6) is 0.958. The Hall–Kier alpha value is -1.02. The van der Waals surface area contributed by atoms with Crippen molar-refractivity contribution in [3.05, 3.63) is 42.5 Å². The van der Waals surface area contributed by atoms with Gasteiger partial charge < -0.3 is 4.74 Å². The molecule has 78 valence electrons. The lowest BCUT2D eigenvalue weighted by molar-refractivity contribution is 0.251. The summed E-state index contributed by atoms with van der Waals surface area (Å²) in [6, 6.07) is 14.4. The van der Waals surface area contributed by atoms with E-state index in [0.717, 1.165) is 11.1 Å². The van der Waals surface area contributed by atoms with Crippen molar-refractivity contribution in [1.82, 2.24) is 0 Å². The number of hydrogen-bond acceptors (Lipinski definition) is 1. The van der Waals surface area contributed by atoms with Gasteiger partial charge in [-0.2, -0.15) is 0 Å². The molecular weight excluding hydrogens is 252 g/mol. The van der Waals surface area contributed by atoms with E-state index < -0.39 is 0 Å². The molecule has 1 nitrogen and oxygen atoms in total. The van der Waals surface area contributed by atoms with Crippen LogP contribution in [0.4, 0.5) is 0 Å². The summed E-state index contributed by atoms with van der Waals surface area (Å²) in [5.41, 5.74) is 0. The molecule has 0 aliphatic carbocycles. The van der Waals surface area contributed by atoms with Gasteiger partial charge in [-0.3, -0.25) is 0 Å². The summed E-state index contributed by atoms with van der Waals surface area (Å²) in [6.07, 6.45) is 0.191. The molecule has 0 aliphatic heterocycles. The highest BCUT2D eigenvalue weighted by atomic mass is 79.9. The molecule has 0 N–H and O–H groups in total. The van der Waals surface area contributed by atoms with Crippen LogP contribution in [0.1, 0.15) is 6.92 Å². The van der Waals surface area contributed by atoms with Crippen LogP contribution in [0, 0.1) is 0 Å². The summed E-state index contributed by atoms with van der Waals surface area (Å²) < 4.78 is 5.83. The first-order chi connectivity index (χ1) is 7.31. The van der Waals surface area contributed by atoms with Crippen LogP contribution in [0.5, 0.6) is 5.75 Å². The van der Waals surface area contributed by atoms with Crippen molar-refractivity contribution in [1.29, 1.82) is 0 Å². The fourth-order valence-corrected chi connectivity index (χ4v) is 1.68. The molecule has 0 amide bonds. The number of rotatable bonds is 3. The minimum atomic E-state index is 0.191. The van der Waals surface area contributed by atoms with Gasteiger partial charge in [-0.05, 0) is 18.4 Å². The molecule has 0 heterocycles. The van der Waals surface area contributed by atoms with Gasteiger partial charge in [-0.15, -0.1) is 0 Å². The lowest BCUT2D eigenvalue weighted by atomic mass is 10.1. The molecule has 0 radical (unpaired) electrons. The van der Waals surface area contributed by atoms with E-state index in [2.05, 4.69) is 41.1 Å². The van der Waals surface area contributed by atoms with Gasteiger partial charge in [0.25, 0.3) is 0 Å². The maximum Gasteiger partial charge on any atom is 0.127 e. The zero-order valence-corrected chi connectivity index (χ0v) is 10.2. The molecule has 2 heteroatoms. The van der Waals surface area contributed by atoms with Crippen LogP contribution in [0.3, 0.4) is 0 Å². The highest BCUT2D eigenvalue weighted by molar-refractivity contribution is 9.09. The fourth-order valence-electron chi connectivity index (χ4n) is 1.55. The second-order valence-electron chi connectivity index (χ2n) is 3.56. The Morgan fingerprint density at radius 3 is 2.67 bits per heavy atom. The van der Waals surface area contributed by atoms with Crippen molar-refractivity contribution < 1.29 is 4.74 Å². The second-order valence-corrected chi connectivity index (χ2v) is 4.21. The molecule has 1 atom stereocenters. The van der Waals surface area contributed by atoms with Crippen LogP contribution in [0.2, 0.25) is 0 Å². The largest absolute Gasteiger partial charge is 0.489 e. The van der Waals surface area contributed by atoms with Crippen molar-refractivity contribution in [3.8, 4) is 5.75 Å². The maximum absolute atomic E-state index is 5.83. The van der Waals surface area contributed by atoms with Crippen LogP contribution in [0.25, 0.3) is 10.8 Å². The van der Waals surface area contributed by atoms with Crippen molar-refractivity contribution in [2.75, 3.05) is 5.33 Å². The number of halogens is 1. The monoisotopic (exact) mass is 264 g/mol. The predicted octanol–water partition coefficient (Wildman–Crippen LogP) is 4.00. The van der Waals surface area contributed by atoms with E-state index in [9.17, 15) is 0 Å². The second kappa shape index (κ2) is 4.67. The van der Waals surface area contributed by atoms with Crippen molar-refractivity contribution in [2.24, 2.45) is 0 Å². The number of benzene rings is 2. The summed E-state index contributed by atoms with van der Waals surface area (Å²) in [4.78, 5) is 0. The zero-order chi connectivity index (χ0) is 10.7. The molecule has 0 fully saturated rings. The third-order valence-corrected chi connectivity index (χ3v) is 3.21. The lowest BCUT2D eigenvalue weighted by Gasteiger charge is -2.13. The summed E-state index contributed by atoms with van der Waals surface area (Å²) >= 11 is 3.41. The topological polar surface area (TPSA) is 9.23 Å². The van der Waals surface area contributed by atoms with Crippen LogP contribution < -0.4 is 4.74 Å². The van der Waals surface area contributed by atoms with Gasteiger partial charge in [-0.1, -0.05) is 52.3 Å². The summed E-state index contributed by atoms with van der Waals surface area (Å²) in [5, 5.41) is 3.24. The number of hydrogen-bond donors (Lipinski definition) is 0. The maximum atomic E-state index is 5.83. The normalized spacial score (nSPS) is 12.7. The standard InChI is InChI=1S/C13H13BrO/c1-10(9-14)15-13-8-4-6-11-5-2-3-7-12(11)13/h2-8,10H,9H2,1H3/t10-/m0/s1. The van der Waals surface area contributed by atoms with Gasteiger partial charge in [0.2, 0.25) is 0 Å². The van der Waals surface area contributed by atoms with Gasteiger partial charge in [-0.25, -0.2) is 0 Å². The van der Waals surface area contributed by atoms with E-state index >= 15 is 0 Å². The Bertz CT molecular complexity index is 448. The molecule has 2 aromatic carbocycles. The van der Waals surface area contributed by atoms with E-state index in [-0.39, 0.29) is 6.10 Å². The predicted molar refractivity (Wildman–Crippen MR) is 67.8 cm³/mol. The quantitative estimate of drug-likeness (QED) is 0.762. The Kier molecular flexibility index (Phi) is 3.27. The number of ether oxygens (including phenoxy) is 1. The third kappa shape index (κ3) is 2.32. The lowest BCUT2D eigenvalue weighted by Crippen LogP contribution is -2.12. The number of fused-ring (bicyclic) bond motifs is 1. The Labute approximate surface area is 98.2 Å². The molecule has 15 heavy (non-hydrogen) atoms. The van der Waals surface area contributed by atoms with Gasteiger partial charge in [0.15, 0.2) is 0 Å². The van der Waals surface area contributed by atoms with Gasteiger partial charge in [0.1, 0.15) is 11.9 Å². The first kappa shape index (κ1) is 10.5. The van der Waals surface area contributed by atoms with Gasteiger partial charge >= 0.3 is 0 Å². The molecule has 0 saturated carbocycles. The van der Waals surface area contributed by atoms with Crippen LogP contribution in [-0.2, 0) is 0 Å². The summed E-state index contributed by atoms with van der Waals surface area (Å²) in [7, 11) is 0. The van der Waals surface area contributed by atoms with E-state index in [1.165, 1.54) is 10.8 Å². The van der Waals surface area contributed by atoms with Crippen LogP contribution in [0.15, 0.2) is 42.5 Å². The van der Waals surface area contributed by atoms with Crippen molar-refractivity contribution >= 4 is 26.7 Å². The first-order valence-electron chi connectivity index (χ1n) is 5.01. The van der Waals surface area contributed by atoms with Crippen LogP contribution in [-0.4, -0.2) is 11.4 Å². The molecule has 0 bridgehead atoms. The SMILES string of the molecule is C[C@@H](CBr)Oc1cccc2ccccc12. The average Bonchev–Trinajstić information content (AvgIpc) is 2.29.